The summed E-state index contributed by atoms with van der Waals surface area (Å²) < 4.78 is 18.7. The zero-order valence-electron chi connectivity index (χ0n) is 9.96. The van der Waals surface area contributed by atoms with Crippen LogP contribution >= 0.6 is 0 Å². The molecular formula is C12H19FN2O. The molecule has 3 N–H and O–H groups in total. The van der Waals surface area contributed by atoms with Crippen LogP contribution in [0.5, 0.6) is 0 Å². The number of hydrogen-bond acceptors (Lipinski definition) is 3. The van der Waals surface area contributed by atoms with Crippen LogP contribution in [0.4, 0.5) is 4.39 Å². The van der Waals surface area contributed by atoms with Crippen LogP contribution in [-0.2, 0) is 4.74 Å². The zero-order chi connectivity index (χ0) is 12.1. The minimum absolute atomic E-state index is 0.101. The van der Waals surface area contributed by atoms with Crippen molar-refractivity contribution in [3.8, 4) is 0 Å². The molecular weight excluding hydrogens is 207 g/mol. The van der Waals surface area contributed by atoms with Crippen molar-refractivity contribution in [2.75, 3.05) is 6.61 Å². The number of hydrazine groups is 1. The maximum absolute atomic E-state index is 13.3. The van der Waals surface area contributed by atoms with Gasteiger partial charge in [-0.2, -0.15) is 0 Å². The Balaban J connectivity index is 2.94. The number of nitrogens with one attached hydrogen (secondary N) is 1. The van der Waals surface area contributed by atoms with Crippen molar-refractivity contribution in [3.05, 3.63) is 35.1 Å². The van der Waals surface area contributed by atoms with Crippen LogP contribution in [0.3, 0.4) is 0 Å². The summed E-state index contributed by atoms with van der Waals surface area (Å²) in [5.41, 5.74) is 4.35. The molecule has 0 amide bonds. The van der Waals surface area contributed by atoms with Gasteiger partial charge in [-0.25, -0.2) is 4.39 Å². The number of rotatable bonds is 5. The lowest BCUT2D eigenvalue weighted by molar-refractivity contribution is 0.0472. The maximum atomic E-state index is 13.3. The fourth-order valence-electron chi connectivity index (χ4n) is 1.81. The van der Waals surface area contributed by atoms with Crippen LogP contribution in [0.2, 0.25) is 0 Å². The second-order valence-corrected chi connectivity index (χ2v) is 3.87. The smallest absolute Gasteiger partial charge is 0.123 e. The fraction of sp³-hybridized carbons (Fsp3) is 0.500. The first-order valence-corrected chi connectivity index (χ1v) is 5.43. The fourth-order valence-corrected chi connectivity index (χ4v) is 1.81. The Morgan fingerprint density at radius 3 is 2.62 bits per heavy atom. The Bertz CT molecular complexity index is 324. The van der Waals surface area contributed by atoms with E-state index in [1.54, 1.807) is 0 Å². The average molecular weight is 226 g/mol. The van der Waals surface area contributed by atoms with Gasteiger partial charge in [0.15, 0.2) is 0 Å². The van der Waals surface area contributed by atoms with E-state index >= 15 is 0 Å². The van der Waals surface area contributed by atoms with Gasteiger partial charge in [-0.1, -0.05) is 6.07 Å². The Kier molecular flexibility index (Phi) is 4.86. The molecule has 2 atom stereocenters. The maximum Gasteiger partial charge on any atom is 0.123 e. The number of hydrogen-bond donors (Lipinski definition) is 2. The third kappa shape index (κ3) is 3.27. The summed E-state index contributed by atoms with van der Waals surface area (Å²) in [6.07, 6.45) is -0.101. The van der Waals surface area contributed by atoms with Crippen molar-refractivity contribution in [1.82, 2.24) is 5.43 Å². The van der Waals surface area contributed by atoms with Gasteiger partial charge in [-0.05, 0) is 44.0 Å². The Hall–Kier alpha value is -0.970. The molecule has 0 aliphatic rings. The molecule has 3 nitrogen and oxygen atoms in total. The second-order valence-electron chi connectivity index (χ2n) is 3.87. The van der Waals surface area contributed by atoms with Crippen LogP contribution in [0.1, 0.15) is 31.0 Å². The Morgan fingerprint density at radius 2 is 2.12 bits per heavy atom. The van der Waals surface area contributed by atoms with Crippen molar-refractivity contribution < 1.29 is 9.13 Å². The molecule has 0 aromatic heterocycles. The van der Waals surface area contributed by atoms with E-state index < -0.39 is 0 Å². The van der Waals surface area contributed by atoms with E-state index in [-0.39, 0.29) is 18.0 Å². The van der Waals surface area contributed by atoms with E-state index in [4.69, 9.17) is 10.6 Å². The summed E-state index contributed by atoms with van der Waals surface area (Å²) in [4.78, 5) is 0. The molecule has 1 aromatic rings. The SMILES string of the molecule is CCOC(C)C(NN)c1cc(C)cc(F)c1. The molecule has 0 aliphatic carbocycles. The molecule has 16 heavy (non-hydrogen) atoms. The zero-order valence-corrected chi connectivity index (χ0v) is 9.96. The number of aryl methyl sites for hydroxylation is 1. The van der Waals surface area contributed by atoms with Crippen molar-refractivity contribution in [1.29, 1.82) is 0 Å². The van der Waals surface area contributed by atoms with Crippen LogP contribution < -0.4 is 11.3 Å². The van der Waals surface area contributed by atoms with E-state index in [0.717, 1.165) is 11.1 Å². The van der Waals surface area contributed by atoms with Crippen molar-refractivity contribution in [3.63, 3.8) is 0 Å². The van der Waals surface area contributed by atoms with Gasteiger partial charge in [0.05, 0.1) is 12.1 Å². The molecule has 0 fully saturated rings. The normalized spacial score (nSPS) is 14.8. The molecule has 0 radical (unpaired) electrons. The number of benzene rings is 1. The molecule has 0 bridgehead atoms. The van der Waals surface area contributed by atoms with Crippen LogP contribution in [0, 0.1) is 12.7 Å². The van der Waals surface area contributed by atoms with Crippen LogP contribution in [0.25, 0.3) is 0 Å². The van der Waals surface area contributed by atoms with Gasteiger partial charge in [0.1, 0.15) is 5.82 Å². The molecule has 0 aliphatic heterocycles. The standard InChI is InChI=1S/C12H19FN2O/c1-4-16-9(3)12(15-14)10-5-8(2)6-11(13)7-10/h5-7,9,12,15H,4,14H2,1-3H3. The van der Waals surface area contributed by atoms with Crippen LogP contribution in [-0.4, -0.2) is 12.7 Å². The molecule has 0 saturated carbocycles. The van der Waals surface area contributed by atoms with Gasteiger partial charge in [-0.15, -0.1) is 0 Å². The lowest BCUT2D eigenvalue weighted by Crippen LogP contribution is -2.36. The minimum Gasteiger partial charge on any atom is -0.377 e. The molecule has 0 spiro atoms. The highest BCUT2D eigenvalue weighted by Crippen LogP contribution is 2.20. The quantitative estimate of drug-likeness (QED) is 0.597. The summed E-state index contributed by atoms with van der Waals surface area (Å²) >= 11 is 0. The van der Waals surface area contributed by atoms with E-state index in [1.165, 1.54) is 12.1 Å². The highest BCUT2D eigenvalue weighted by Gasteiger charge is 2.18. The van der Waals surface area contributed by atoms with E-state index in [1.807, 2.05) is 26.8 Å². The monoisotopic (exact) mass is 226 g/mol. The summed E-state index contributed by atoms with van der Waals surface area (Å²) in [6.45, 7) is 6.29. The summed E-state index contributed by atoms with van der Waals surface area (Å²) in [5.74, 6) is 5.23. The Labute approximate surface area is 95.8 Å². The largest absolute Gasteiger partial charge is 0.377 e. The highest BCUT2D eigenvalue weighted by molar-refractivity contribution is 5.26. The predicted octanol–water partition coefficient (Wildman–Crippen LogP) is 2.06. The van der Waals surface area contributed by atoms with Gasteiger partial charge in [0.2, 0.25) is 0 Å². The summed E-state index contributed by atoms with van der Waals surface area (Å²) in [6, 6.07) is 4.67. The third-order valence-corrected chi connectivity index (χ3v) is 2.50. The van der Waals surface area contributed by atoms with Gasteiger partial charge >= 0.3 is 0 Å². The molecule has 0 saturated heterocycles. The topological polar surface area (TPSA) is 47.3 Å². The molecule has 0 heterocycles. The molecule has 90 valence electrons. The number of halogens is 1. The minimum atomic E-state index is -0.251. The van der Waals surface area contributed by atoms with Crippen LogP contribution in [0.15, 0.2) is 18.2 Å². The van der Waals surface area contributed by atoms with Gasteiger partial charge in [0.25, 0.3) is 0 Å². The van der Waals surface area contributed by atoms with Gasteiger partial charge in [0, 0.05) is 6.61 Å². The highest BCUT2D eigenvalue weighted by atomic mass is 19.1. The van der Waals surface area contributed by atoms with Crippen molar-refractivity contribution >= 4 is 0 Å². The average Bonchev–Trinajstić information content (AvgIpc) is 2.17. The molecule has 4 heteroatoms. The first kappa shape index (κ1) is 13.1. The number of nitrogens with two attached hydrogens (primary N) is 1. The molecule has 1 aromatic carbocycles. The van der Waals surface area contributed by atoms with Gasteiger partial charge < -0.3 is 4.74 Å². The van der Waals surface area contributed by atoms with E-state index in [0.29, 0.717) is 6.61 Å². The lowest BCUT2D eigenvalue weighted by Gasteiger charge is -2.23. The Morgan fingerprint density at radius 1 is 1.44 bits per heavy atom. The summed E-state index contributed by atoms with van der Waals surface area (Å²) in [7, 11) is 0. The van der Waals surface area contributed by atoms with Gasteiger partial charge in [-0.3, -0.25) is 11.3 Å². The summed E-state index contributed by atoms with van der Waals surface area (Å²) in [5, 5.41) is 0. The van der Waals surface area contributed by atoms with E-state index in [2.05, 4.69) is 5.43 Å². The first-order valence-electron chi connectivity index (χ1n) is 5.43. The number of ether oxygens (including phenoxy) is 1. The second kappa shape index (κ2) is 5.94. The van der Waals surface area contributed by atoms with E-state index in [9.17, 15) is 4.39 Å². The van der Waals surface area contributed by atoms with Crippen molar-refractivity contribution in [2.24, 2.45) is 5.84 Å². The molecule has 1 rings (SSSR count). The predicted molar refractivity (Wildman–Crippen MR) is 62.3 cm³/mol. The third-order valence-electron chi connectivity index (χ3n) is 2.50. The van der Waals surface area contributed by atoms with Crippen molar-refractivity contribution in [2.45, 2.75) is 32.9 Å². The lowest BCUT2D eigenvalue weighted by atomic mass is 10.0. The first-order chi connectivity index (χ1) is 7.58. The molecule has 2 unspecified atom stereocenters.